The summed E-state index contributed by atoms with van der Waals surface area (Å²) in [5.74, 6) is 1.61. The zero-order chi connectivity index (χ0) is 14.5. The third-order valence-electron chi connectivity index (χ3n) is 4.25. The number of rotatable bonds is 4. The number of nitriles is 1. The topological polar surface area (TPSA) is 43.2 Å². The normalized spacial score (nSPS) is 16.7. The average Bonchev–Trinajstić information content (AvgIpc) is 2.48. The highest BCUT2D eigenvalue weighted by atomic mass is 15.2. The minimum Gasteiger partial charge on any atom is -0.356 e. The summed E-state index contributed by atoms with van der Waals surface area (Å²) in [6.07, 6.45) is 4.13. The van der Waals surface area contributed by atoms with E-state index in [-0.39, 0.29) is 0 Å². The van der Waals surface area contributed by atoms with Gasteiger partial charge in [0.15, 0.2) is 0 Å². The Bertz CT molecular complexity index is 470. The minimum atomic E-state index is 0.606. The average molecular weight is 272 g/mol. The van der Waals surface area contributed by atoms with Crippen LogP contribution in [0.4, 0.5) is 5.82 Å². The third kappa shape index (κ3) is 3.49. The van der Waals surface area contributed by atoms with Crippen LogP contribution in [0.2, 0.25) is 0 Å². The summed E-state index contributed by atoms with van der Waals surface area (Å²) in [4.78, 5) is 9.05. The fourth-order valence-corrected chi connectivity index (χ4v) is 2.68. The zero-order valence-electron chi connectivity index (χ0n) is 12.7. The molecule has 0 spiro atoms. The van der Waals surface area contributed by atoms with Crippen LogP contribution in [0.5, 0.6) is 0 Å². The van der Waals surface area contributed by atoms with E-state index >= 15 is 0 Å². The second-order valence-electron chi connectivity index (χ2n) is 5.95. The largest absolute Gasteiger partial charge is 0.356 e. The molecule has 0 aliphatic carbocycles. The van der Waals surface area contributed by atoms with Crippen LogP contribution in [0.25, 0.3) is 0 Å². The van der Waals surface area contributed by atoms with Gasteiger partial charge in [0.2, 0.25) is 0 Å². The lowest BCUT2D eigenvalue weighted by molar-refractivity contribution is 0.210. The fraction of sp³-hybridized carbons (Fsp3) is 0.625. The maximum atomic E-state index is 9.16. The molecular formula is C16H24N4. The van der Waals surface area contributed by atoms with E-state index in [1.165, 1.54) is 19.4 Å². The molecule has 0 N–H and O–H groups in total. The summed E-state index contributed by atoms with van der Waals surface area (Å²) in [6, 6.07) is 6.52. The van der Waals surface area contributed by atoms with Crippen LogP contribution >= 0.6 is 0 Å². The molecular weight excluding hydrogens is 248 g/mol. The van der Waals surface area contributed by atoms with Crippen molar-refractivity contribution in [1.29, 1.82) is 5.26 Å². The predicted molar refractivity (Wildman–Crippen MR) is 81.7 cm³/mol. The van der Waals surface area contributed by atoms with Crippen molar-refractivity contribution in [3.8, 4) is 6.07 Å². The van der Waals surface area contributed by atoms with Gasteiger partial charge in [0.05, 0.1) is 5.56 Å². The second-order valence-corrected chi connectivity index (χ2v) is 5.95. The van der Waals surface area contributed by atoms with Crippen molar-refractivity contribution in [2.24, 2.45) is 5.92 Å². The summed E-state index contributed by atoms with van der Waals surface area (Å²) in [7, 11) is 2.20. The first kappa shape index (κ1) is 14.8. The molecule has 1 fully saturated rings. The summed E-state index contributed by atoms with van der Waals surface area (Å²) in [5, 5.41) is 9.16. The maximum absolute atomic E-state index is 9.16. The SMILES string of the molecule is CC(C)N(C)CC1CCN(c2ncccc2C#N)CC1. The van der Waals surface area contributed by atoms with Gasteiger partial charge in [0.25, 0.3) is 0 Å². The highest BCUT2D eigenvalue weighted by Gasteiger charge is 2.23. The molecule has 1 aromatic rings. The first-order valence-electron chi connectivity index (χ1n) is 7.42. The molecule has 1 aliphatic heterocycles. The van der Waals surface area contributed by atoms with E-state index in [1.807, 2.05) is 12.1 Å². The van der Waals surface area contributed by atoms with Crippen LogP contribution in [0.1, 0.15) is 32.3 Å². The van der Waals surface area contributed by atoms with Crippen molar-refractivity contribution in [1.82, 2.24) is 9.88 Å². The summed E-state index contributed by atoms with van der Waals surface area (Å²) in [5.41, 5.74) is 0.685. The predicted octanol–water partition coefficient (Wildman–Crippen LogP) is 2.51. The first-order valence-corrected chi connectivity index (χ1v) is 7.42. The lowest BCUT2D eigenvalue weighted by Gasteiger charge is -2.35. The van der Waals surface area contributed by atoms with Gasteiger partial charge in [-0.25, -0.2) is 4.98 Å². The number of hydrogen-bond donors (Lipinski definition) is 0. The standard InChI is InChI=1S/C16H24N4/c1-13(2)19(3)12-14-6-9-20(10-7-14)16-15(11-17)5-4-8-18-16/h4-5,8,13-14H,6-7,9-10,12H2,1-3H3. The molecule has 4 nitrogen and oxygen atoms in total. The first-order chi connectivity index (χ1) is 9.61. The lowest BCUT2D eigenvalue weighted by atomic mass is 9.95. The highest BCUT2D eigenvalue weighted by molar-refractivity contribution is 5.53. The number of nitrogens with zero attached hydrogens (tertiary/aromatic N) is 4. The smallest absolute Gasteiger partial charge is 0.146 e. The number of piperidine rings is 1. The molecule has 0 aromatic carbocycles. The molecule has 1 aliphatic rings. The number of pyridine rings is 1. The van der Waals surface area contributed by atoms with Gasteiger partial charge in [-0.2, -0.15) is 5.26 Å². The van der Waals surface area contributed by atoms with Gasteiger partial charge in [0, 0.05) is 31.9 Å². The Morgan fingerprint density at radius 1 is 1.45 bits per heavy atom. The molecule has 0 atom stereocenters. The van der Waals surface area contributed by atoms with E-state index in [4.69, 9.17) is 5.26 Å². The van der Waals surface area contributed by atoms with Crippen LogP contribution < -0.4 is 4.90 Å². The van der Waals surface area contributed by atoms with E-state index in [0.29, 0.717) is 11.6 Å². The number of hydrogen-bond acceptors (Lipinski definition) is 4. The Kier molecular flexibility index (Phi) is 4.97. The van der Waals surface area contributed by atoms with E-state index in [2.05, 4.69) is 41.7 Å². The van der Waals surface area contributed by atoms with Crippen LogP contribution in [0.3, 0.4) is 0 Å². The van der Waals surface area contributed by atoms with E-state index in [1.54, 1.807) is 6.20 Å². The molecule has 2 heterocycles. The zero-order valence-corrected chi connectivity index (χ0v) is 12.7. The van der Waals surface area contributed by atoms with Gasteiger partial charge in [-0.3, -0.25) is 0 Å². The minimum absolute atomic E-state index is 0.606. The lowest BCUT2D eigenvalue weighted by Crippen LogP contribution is -2.40. The maximum Gasteiger partial charge on any atom is 0.146 e. The van der Waals surface area contributed by atoms with E-state index in [0.717, 1.165) is 24.8 Å². The van der Waals surface area contributed by atoms with Crippen molar-refractivity contribution >= 4 is 5.82 Å². The van der Waals surface area contributed by atoms with Gasteiger partial charge in [-0.05, 0) is 51.8 Å². The molecule has 0 unspecified atom stereocenters. The molecule has 0 saturated carbocycles. The van der Waals surface area contributed by atoms with Crippen molar-refractivity contribution in [3.63, 3.8) is 0 Å². The van der Waals surface area contributed by atoms with Crippen molar-refractivity contribution in [2.45, 2.75) is 32.7 Å². The van der Waals surface area contributed by atoms with E-state index in [9.17, 15) is 0 Å². The molecule has 108 valence electrons. The Morgan fingerprint density at radius 3 is 2.75 bits per heavy atom. The molecule has 2 rings (SSSR count). The number of anilines is 1. The second kappa shape index (κ2) is 6.71. The Morgan fingerprint density at radius 2 is 2.15 bits per heavy atom. The molecule has 1 saturated heterocycles. The van der Waals surface area contributed by atoms with Crippen molar-refractivity contribution in [2.75, 3.05) is 31.6 Å². The Balaban J connectivity index is 1.93. The van der Waals surface area contributed by atoms with Crippen molar-refractivity contribution in [3.05, 3.63) is 23.9 Å². The van der Waals surface area contributed by atoms with Crippen molar-refractivity contribution < 1.29 is 0 Å². The Labute approximate surface area is 122 Å². The summed E-state index contributed by atoms with van der Waals surface area (Å²) >= 11 is 0. The number of aromatic nitrogens is 1. The third-order valence-corrected chi connectivity index (χ3v) is 4.25. The van der Waals surface area contributed by atoms with Crippen LogP contribution in [-0.2, 0) is 0 Å². The van der Waals surface area contributed by atoms with Gasteiger partial charge in [0.1, 0.15) is 11.9 Å². The Hall–Kier alpha value is -1.60. The van der Waals surface area contributed by atoms with Gasteiger partial charge in [-0.15, -0.1) is 0 Å². The molecule has 0 amide bonds. The highest BCUT2D eigenvalue weighted by Crippen LogP contribution is 2.24. The van der Waals surface area contributed by atoms with E-state index < -0.39 is 0 Å². The van der Waals surface area contributed by atoms with Gasteiger partial charge in [-0.1, -0.05) is 0 Å². The van der Waals surface area contributed by atoms with Crippen LogP contribution in [0, 0.1) is 17.2 Å². The molecule has 0 bridgehead atoms. The fourth-order valence-electron chi connectivity index (χ4n) is 2.68. The summed E-state index contributed by atoms with van der Waals surface area (Å²) in [6.45, 7) is 7.65. The molecule has 20 heavy (non-hydrogen) atoms. The van der Waals surface area contributed by atoms with Gasteiger partial charge < -0.3 is 9.80 Å². The molecule has 1 aromatic heterocycles. The monoisotopic (exact) mass is 272 g/mol. The van der Waals surface area contributed by atoms with Gasteiger partial charge >= 0.3 is 0 Å². The van der Waals surface area contributed by atoms with Crippen LogP contribution in [0.15, 0.2) is 18.3 Å². The quantitative estimate of drug-likeness (QED) is 0.844. The molecule has 0 radical (unpaired) electrons. The molecule has 4 heteroatoms. The summed E-state index contributed by atoms with van der Waals surface area (Å²) < 4.78 is 0. The van der Waals surface area contributed by atoms with Crippen LogP contribution in [-0.4, -0.2) is 42.6 Å².